The topological polar surface area (TPSA) is 95.2 Å². The molecule has 0 unspecified atom stereocenters. The van der Waals surface area contributed by atoms with E-state index in [-0.39, 0.29) is 18.2 Å². The van der Waals surface area contributed by atoms with E-state index in [4.69, 9.17) is 0 Å². The molecule has 2 rings (SSSR count). The molecule has 1 aromatic rings. The molecule has 1 aliphatic rings. The first-order valence-corrected chi connectivity index (χ1v) is 7.46. The van der Waals surface area contributed by atoms with Crippen LogP contribution in [0.15, 0.2) is 9.82 Å². The molecule has 7 nitrogen and oxygen atoms in total. The predicted octanol–water partition coefficient (Wildman–Crippen LogP) is -0.238. The van der Waals surface area contributed by atoms with Crippen LogP contribution in [0.1, 0.15) is 22.5 Å². The summed E-state index contributed by atoms with van der Waals surface area (Å²) in [6.45, 7) is 2.94. The zero-order valence-electron chi connectivity index (χ0n) is 11.4. The second-order valence-electron chi connectivity index (χ2n) is 4.44. The minimum atomic E-state index is -0.462. The minimum Gasteiger partial charge on any atom is -0.354 e. The summed E-state index contributed by atoms with van der Waals surface area (Å²) < 4.78 is 0. The summed E-state index contributed by atoms with van der Waals surface area (Å²) in [6, 6.07) is 0. The number of carbonyl (C=O) groups excluding carboxylic acids is 2. The van der Waals surface area contributed by atoms with E-state index in [1.54, 1.807) is 18.1 Å². The van der Waals surface area contributed by atoms with Crippen molar-refractivity contribution < 1.29 is 9.59 Å². The lowest BCUT2D eigenvalue weighted by Crippen LogP contribution is -2.36. The van der Waals surface area contributed by atoms with Crippen LogP contribution < -0.4 is 11.0 Å². The quantitative estimate of drug-likeness (QED) is 0.580. The molecule has 2 N–H and O–H groups in total. The van der Waals surface area contributed by atoms with E-state index < -0.39 is 5.69 Å². The molecule has 0 saturated carbocycles. The van der Waals surface area contributed by atoms with Gasteiger partial charge in [-0.05, 0) is 13.2 Å². The summed E-state index contributed by atoms with van der Waals surface area (Å²) in [5, 5.41) is 3.14. The van der Waals surface area contributed by atoms with Crippen molar-refractivity contribution in [2.75, 3.05) is 25.9 Å². The van der Waals surface area contributed by atoms with Gasteiger partial charge in [0, 0.05) is 31.7 Å². The molecule has 0 atom stereocenters. The number of rotatable bonds is 2. The molecular formula is C12H16N4O3S. The first-order valence-electron chi connectivity index (χ1n) is 6.24. The number of nitrogens with one attached hydrogen (secondary N) is 2. The Morgan fingerprint density at radius 3 is 2.80 bits per heavy atom. The van der Waals surface area contributed by atoms with E-state index >= 15 is 0 Å². The van der Waals surface area contributed by atoms with Crippen molar-refractivity contribution >= 4 is 23.6 Å². The predicted molar refractivity (Wildman–Crippen MR) is 74.9 cm³/mol. The first-order chi connectivity index (χ1) is 9.52. The summed E-state index contributed by atoms with van der Waals surface area (Å²) in [7, 11) is 0. The van der Waals surface area contributed by atoms with Gasteiger partial charge < -0.3 is 15.2 Å². The Labute approximate surface area is 120 Å². The van der Waals surface area contributed by atoms with E-state index in [2.05, 4.69) is 15.3 Å². The number of hydrogen-bond acceptors (Lipinski definition) is 5. The van der Waals surface area contributed by atoms with Gasteiger partial charge in [-0.3, -0.25) is 9.59 Å². The van der Waals surface area contributed by atoms with Gasteiger partial charge in [0.15, 0.2) is 0 Å². The summed E-state index contributed by atoms with van der Waals surface area (Å²) >= 11 is 1.26. The van der Waals surface area contributed by atoms with Crippen LogP contribution in [0.25, 0.3) is 0 Å². The molecule has 0 spiro atoms. The van der Waals surface area contributed by atoms with Crippen LogP contribution in [-0.4, -0.2) is 52.6 Å². The number of carbonyl (C=O) groups is 2. The maximum absolute atomic E-state index is 12.6. The first kappa shape index (κ1) is 14.6. The van der Waals surface area contributed by atoms with Gasteiger partial charge in [-0.25, -0.2) is 4.79 Å². The molecule has 0 radical (unpaired) electrons. The smallest absolute Gasteiger partial charge is 0.346 e. The Kier molecular flexibility index (Phi) is 4.43. The molecule has 1 aliphatic heterocycles. The van der Waals surface area contributed by atoms with Crippen LogP contribution in [-0.2, 0) is 4.79 Å². The Morgan fingerprint density at radius 1 is 1.35 bits per heavy atom. The van der Waals surface area contributed by atoms with E-state index in [0.29, 0.717) is 35.9 Å². The SMILES string of the molecule is CSc1nc(=O)[nH]c(C)c1C(=O)N1CCNC(=O)CC1. The van der Waals surface area contributed by atoms with Crippen molar-refractivity contribution in [2.45, 2.75) is 18.4 Å². The average molecular weight is 296 g/mol. The largest absolute Gasteiger partial charge is 0.354 e. The molecule has 2 amide bonds. The van der Waals surface area contributed by atoms with Crippen LogP contribution in [0, 0.1) is 6.92 Å². The molecule has 1 aromatic heterocycles. The monoisotopic (exact) mass is 296 g/mol. The Balaban J connectivity index is 2.33. The van der Waals surface area contributed by atoms with Gasteiger partial charge in [-0.15, -0.1) is 11.8 Å². The fourth-order valence-corrected chi connectivity index (χ4v) is 2.71. The number of thioether (sulfide) groups is 1. The van der Waals surface area contributed by atoms with Crippen molar-refractivity contribution in [1.82, 2.24) is 20.2 Å². The lowest BCUT2D eigenvalue weighted by molar-refractivity contribution is -0.120. The average Bonchev–Trinajstić information content (AvgIpc) is 2.62. The second kappa shape index (κ2) is 6.08. The van der Waals surface area contributed by atoms with Gasteiger partial charge in [-0.2, -0.15) is 4.98 Å². The van der Waals surface area contributed by atoms with Crippen LogP contribution in [0.4, 0.5) is 0 Å². The van der Waals surface area contributed by atoms with Crippen molar-refractivity contribution in [1.29, 1.82) is 0 Å². The Bertz CT molecular complexity index is 599. The summed E-state index contributed by atoms with van der Waals surface area (Å²) in [4.78, 5) is 43.2. The van der Waals surface area contributed by atoms with Crippen molar-refractivity contribution in [3.8, 4) is 0 Å². The molecule has 1 saturated heterocycles. The third-order valence-electron chi connectivity index (χ3n) is 3.09. The van der Waals surface area contributed by atoms with Gasteiger partial charge in [-0.1, -0.05) is 0 Å². The summed E-state index contributed by atoms with van der Waals surface area (Å²) in [5.74, 6) is -0.256. The molecule has 20 heavy (non-hydrogen) atoms. The maximum atomic E-state index is 12.6. The summed E-state index contributed by atoms with van der Waals surface area (Å²) in [6.07, 6.45) is 2.06. The third kappa shape index (κ3) is 3.01. The molecule has 2 heterocycles. The Hall–Kier alpha value is -1.83. The van der Waals surface area contributed by atoms with Crippen LogP contribution >= 0.6 is 11.8 Å². The van der Waals surface area contributed by atoms with Crippen molar-refractivity contribution in [3.05, 3.63) is 21.7 Å². The molecule has 108 valence electrons. The van der Waals surface area contributed by atoms with Crippen LogP contribution in [0.2, 0.25) is 0 Å². The van der Waals surface area contributed by atoms with E-state index in [1.165, 1.54) is 11.8 Å². The number of H-pyrrole nitrogens is 1. The van der Waals surface area contributed by atoms with Crippen LogP contribution in [0.5, 0.6) is 0 Å². The third-order valence-corrected chi connectivity index (χ3v) is 3.78. The van der Waals surface area contributed by atoms with Crippen molar-refractivity contribution in [3.63, 3.8) is 0 Å². The van der Waals surface area contributed by atoms with E-state index in [0.717, 1.165) is 0 Å². The lowest BCUT2D eigenvalue weighted by atomic mass is 10.2. The van der Waals surface area contributed by atoms with Gasteiger partial charge in [0.05, 0.1) is 5.56 Å². The minimum absolute atomic E-state index is 0.0540. The van der Waals surface area contributed by atoms with Crippen LogP contribution in [0.3, 0.4) is 0 Å². The number of aryl methyl sites for hydroxylation is 1. The van der Waals surface area contributed by atoms with E-state index in [9.17, 15) is 14.4 Å². The van der Waals surface area contributed by atoms with Gasteiger partial charge in [0.2, 0.25) is 5.91 Å². The molecule has 0 bridgehead atoms. The standard InChI is InChI=1S/C12H16N4O3S/c1-7-9(10(20-2)15-12(19)14-7)11(18)16-5-3-8(17)13-4-6-16/h3-6H2,1-2H3,(H,13,17)(H,14,15,19). The van der Waals surface area contributed by atoms with Gasteiger partial charge in [0.25, 0.3) is 5.91 Å². The molecule has 0 aromatic carbocycles. The number of aromatic amines is 1. The maximum Gasteiger partial charge on any atom is 0.346 e. The highest BCUT2D eigenvalue weighted by atomic mass is 32.2. The fraction of sp³-hybridized carbons (Fsp3) is 0.500. The second-order valence-corrected chi connectivity index (χ2v) is 5.24. The Morgan fingerprint density at radius 2 is 2.10 bits per heavy atom. The highest BCUT2D eigenvalue weighted by Gasteiger charge is 2.24. The van der Waals surface area contributed by atoms with Gasteiger partial charge >= 0.3 is 5.69 Å². The number of amides is 2. The number of nitrogens with zero attached hydrogens (tertiary/aromatic N) is 2. The zero-order chi connectivity index (χ0) is 14.7. The molecule has 1 fully saturated rings. The number of aromatic nitrogens is 2. The number of hydrogen-bond donors (Lipinski definition) is 2. The molecule has 0 aliphatic carbocycles. The van der Waals surface area contributed by atoms with E-state index in [1.807, 2.05) is 0 Å². The zero-order valence-corrected chi connectivity index (χ0v) is 12.2. The van der Waals surface area contributed by atoms with Crippen molar-refractivity contribution in [2.24, 2.45) is 0 Å². The molecule has 8 heteroatoms. The highest BCUT2D eigenvalue weighted by molar-refractivity contribution is 7.98. The lowest BCUT2D eigenvalue weighted by Gasteiger charge is -2.21. The van der Waals surface area contributed by atoms with Gasteiger partial charge in [0.1, 0.15) is 5.03 Å². The highest BCUT2D eigenvalue weighted by Crippen LogP contribution is 2.20. The normalized spacial score (nSPS) is 15.7. The molecular weight excluding hydrogens is 280 g/mol. The fourth-order valence-electron chi connectivity index (χ4n) is 2.09. The summed E-state index contributed by atoms with van der Waals surface area (Å²) in [5.41, 5.74) is 0.449.